The highest BCUT2D eigenvalue weighted by molar-refractivity contribution is 5.79. The number of carbonyl (C=O) groups excluding carboxylic acids is 1. The van der Waals surface area contributed by atoms with E-state index in [-0.39, 0.29) is 17.4 Å². The number of fused-ring (bicyclic) bond motifs is 1. The Morgan fingerprint density at radius 2 is 1.96 bits per heavy atom. The lowest BCUT2D eigenvalue weighted by atomic mass is 9.74. The van der Waals surface area contributed by atoms with Gasteiger partial charge in [-0.05, 0) is 88.1 Å². The van der Waals surface area contributed by atoms with Crippen LogP contribution in [0.2, 0.25) is 0 Å². The predicted molar refractivity (Wildman–Crippen MR) is 95.0 cm³/mol. The van der Waals surface area contributed by atoms with Crippen LogP contribution >= 0.6 is 0 Å². The SMILES string of the molecule is COc1cc(C)c2c(c1C)C[C@H]([C@H](C)C(=O)NC(C)(C)C)CC2. The number of hydrogen-bond donors (Lipinski definition) is 1. The Morgan fingerprint density at radius 3 is 2.52 bits per heavy atom. The zero-order valence-electron chi connectivity index (χ0n) is 15.7. The normalized spacial score (nSPS) is 19.0. The van der Waals surface area contributed by atoms with Crippen molar-refractivity contribution in [1.82, 2.24) is 5.32 Å². The first kappa shape index (κ1) is 17.8. The van der Waals surface area contributed by atoms with E-state index in [9.17, 15) is 4.79 Å². The van der Waals surface area contributed by atoms with Gasteiger partial charge in [0.1, 0.15) is 5.75 Å². The van der Waals surface area contributed by atoms with Gasteiger partial charge in [0.05, 0.1) is 7.11 Å². The largest absolute Gasteiger partial charge is 0.496 e. The van der Waals surface area contributed by atoms with Crippen LogP contribution in [-0.4, -0.2) is 18.6 Å². The van der Waals surface area contributed by atoms with E-state index >= 15 is 0 Å². The zero-order chi connectivity index (χ0) is 17.4. The van der Waals surface area contributed by atoms with Gasteiger partial charge in [0, 0.05) is 11.5 Å². The van der Waals surface area contributed by atoms with Crippen LogP contribution in [0.15, 0.2) is 6.07 Å². The summed E-state index contributed by atoms with van der Waals surface area (Å²) in [4.78, 5) is 12.5. The van der Waals surface area contributed by atoms with Crippen molar-refractivity contribution in [2.75, 3.05) is 7.11 Å². The Hall–Kier alpha value is -1.51. The van der Waals surface area contributed by atoms with Gasteiger partial charge in [0.25, 0.3) is 0 Å². The molecule has 0 radical (unpaired) electrons. The third-order valence-electron chi connectivity index (χ3n) is 5.08. The molecule has 3 nitrogen and oxygen atoms in total. The van der Waals surface area contributed by atoms with Crippen LogP contribution in [0.4, 0.5) is 0 Å². The van der Waals surface area contributed by atoms with Crippen molar-refractivity contribution in [3.8, 4) is 5.75 Å². The number of amides is 1. The summed E-state index contributed by atoms with van der Waals surface area (Å²) in [5.74, 6) is 1.57. The van der Waals surface area contributed by atoms with Crippen molar-refractivity contribution < 1.29 is 9.53 Å². The molecule has 0 fully saturated rings. The summed E-state index contributed by atoms with van der Waals surface area (Å²) in [5, 5.41) is 3.13. The Morgan fingerprint density at radius 1 is 1.30 bits per heavy atom. The molecule has 0 unspecified atom stereocenters. The zero-order valence-corrected chi connectivity index (χ0v) is 15.7. The molecule has 1 aromatic rings. The van der Waals surface area contributed by atoms with E-state index in [1.54, 1.807) is 7.11 Å². The van der Waals surface area contributed by atoms with Crippen LogP contribution in [0, 0.1) is 25.7 Å². The van der Waals surface area contributed by atoms with E-state index < -0.39 is 0 Å². The highest BCUT2D eigenvalue weighted by atomic mass is 16.5. The van der Waals surface area contributed by atoms with Gasteiger partial charge >= 0.3 is 0 Å². The quantitative estimate of drug-likeness (QED) is 0.916. The van der Waals surface area contributed by atoms with E-state index in [1.165, 1.54) is 22.3 Å². The van der Waals surface area contributed by atoms with Gasteiger partial charge in [-0.3, -0.25) is 4.79 Å². The predicted octanol–water partition coefficient (Wildman–Crippen LogP) is 3.97. The number of rotatable bonds is 3. The standard InChI is InChI=1S/C20H31NO2/c1-12-10-18(23-7)14(3)17-11-15(8-9-16(12)17)13(2)19(22)21-20(4,5)6/h10,13,15H,8-9,11H2,1-7H3,(H,21,22)/t13-,15+/m0/s1. The molecule has 0 aromatic heterocycles. The molecule has 23 heavy (non-hydrogen) atoms. The number of ether oxygens (including phenoxy) is 1. The van der Waals surface area contributed by atoms with E-state index in [2.05, 4.69) is 32.2 Å². The number of aryl methyl sites for hydroxylation is 1. The maximum Gasteiger partial charge on any atom is 0.223 e. The van der Waals surface area contributed by atoms with E-state index in [0.29, 0.717) is 5.92 Å². The van der Waals surface area contributed by atoms with Crippen molar-refractivity contribution in [2.24, 2.45) is 11.8 Å². The molecular weight excluding hydrogens is 286 g/mol. The van der Waals surface area contributed by atoms with Gasteiger partial charge in [0.2, 0.25) is 5.91 Å². The van der Waals surface area contributed by atoms with Crippen LogP contribution in [0.3, 0.4) is 0 Å². The van der Waals surface area contributed by atoms with Crippen LogP contribution in [0.1, 0.15) is 56.4 Å². The Labute approximate surface area is 140 Å². The molecule has 0 spiro atoms. The monoisotopic (exact) mass is 317 g/mol. The Kier molecular flexibility index (Phi) is 5.07. The fraction of sp³-hybridized carbons (Fsp3) is 0.650. The maximum atomic E-state index is 12.5. The van der Waals surface area contributed by atoms with Gasteiger partial charge < -0.3 is 10.1 Å². The molecule has 1 aliphatic rings. The summed E-state index contributed by atoms with van der Waals surface area (Å²) >= 11 is 0. The highest BCUT2D eigenvalue weighted by Gasteiger charge is 2.31. The molecule has 1 aromatic carbocycles. The number of benzene rings is 1. The van der Waals surface area contributed by atoms with Crippen molar-refractivity contribution >= 4 is 5.91 Å². The molecule has 1 aliphatic carbocycles. The molecule has 0 saturated carbocycles. The average molecular weight is 317 g/mol. The summed E-state index contributed by atoms with van der Waals surface area (Å²) in [7, 11) is 1.73. The Bertz CT molecular complexity index is 599. The second-order valence-corrected chi connectivity index (χ2v) is 8.01. The number of methoxy groups -OCH3 is 1. The molecule has 2 rings (SSSR count). The lowest BCUT2D eigenvalue weighted by Crippen LogP contribution is -2.45. The summed E-state index contributed by atoms with van der Waals surface area (Å²) in [6.07, 6.45) is 3.11. The first-order valence-electron chi connectivity index (χ1n) is 8.62. The minimum absolute atomic E-state index is 0.0354. The van der Waals surface area contributed by atoms with Crippen molar-refractivity contribution in [3.05, 3.63) is 28.3 Å². The highest BCUT2D eigenvalue weighted by Crippen LogP contribution is 2.37. The summed E-state index contributed by atoms with van der Waals surface area (Å²) in [6.45, 7) is 12.5. The summed E-state index contributed by atoms with van der Waals surface area (Å²) in [6, 6.07) is 2.14. The molecule has 1 amide bonds. The smallest absolute Gasteiger partial charge is 0.223 e. The van der Waals surface area contributed by atoms with Crippen LogP contribution < -0.4 is 10.1 Å². The van der Waals surface area contributed by atoms with Crippen LogP contribution in [0.5, 0.6) is 5.75 Å². The number of hydrogen-bond acceptors (Lipinski definition) is 2. The summed E-state index contributed by atoms with van der Waals surface area (Å²) < 4.78 is 5.52. The van der Waals surface area contributed by atoms with E-state index in [4.69, 9.17) is 4.74 Å². The molecule has 0 aliphatic heterocycles. The minimum Gasteiger partial charge on any atom is -0.496 e. The third-order valence-corrected chi connectivity index (χ3v) is 5.08. The Balaban J connectivity index is 2.23. The van der Waals surface area contributed by atoms with Gasteiger partial charge in [-0.2, -0.15) is 0 Å². The van der Waals surface area contributed by atoms with Gasteiger partial charge in [0.15, 0.2) is 0 Å². The van der Waals surface area contributed by atoms with E-state index in [0.717, 1.165) is 25.0 Å². The van der Waals surface area contributed by atoms with Gasteiger partial charge in [-0.25, -0.2) is 0 Å². The lowest BCUT2D eigenvalue weighted by Gasteiger charge is -2.33. The molecule has 0 bridgehead atoms. The lowest BCUT2D eigenvalue weighted by molar-refractivity contribution is -0.127. The average Bonchev–Trinajstić information content (AvgIpc) is 2.47. The van der Waals surface area contributed by atoms with Crippen LogP contribution in [-0.2, 0) is 17.6 Å². The molecular formula is C20H31NO2. The van der Waals surface area contributed by atoms with Crippen molar-refractivity contribution in [1.29, 1.82) is 0 Å². The number of carbonyl (C=O) groups is 1. The van der Waals surface area contributed by atoms with Crippen molar-refractivity contribution in [3.63, 3.8) is 0 Å². The molecule has 0 heterocycles. The fourth-order valence-corrected chi connectivity index (χ4v) is 3.66. The first-order chi connectivity index (χ1) is 10.6. The van der Waals surface area contributed by atoms with Crippen LogP contribution in [0.25, 0.3) is 0 Å². The first-order valence-corrected chi connectivity index (χ1v) is 8.62. The topological polar surface area (TPSA) is 38.3 Å². The molecule has 1 N–H and O–H groups in total. The second kappa shape index (κ2) is 6.54. The molecule has 2 atom stereocenters. The maximum absolute atomic E-state index is 12.5. The second-order valence-electron chi connectivity index (χ2n) is 8.01. The van der Waals surface area contributed by atoms with E-state index in [1.807, 2.05) is 20.8 Å². The minimum atomic E-state index is -0.173. The number of nitrogens with one attached hydrogen (secondary N) is 1. The molecule has 0 saturated heterocycles. The third kappa shape index (κ3) is 3.88. The summed E-state index contributed by atoms with van der Waals surface area (Å²) in [5.41, 5.74) is 5.23. The fourth-order valence-electron chi connectivity index (χ4n) is 3.66. The molecule has 128 valence electrons. The van der Waals surface area contributed by atoms with Gasteiger partial charge in [-0.15, -0.1) is 0 Å². The molecule has 3 heteroatoms. The van der Waals surface area contributed by atoms with Crippen molar-refractivity contribution in [2.45, 2.75) is 66.3 Å². The van der Waals surface area contributed by atoms with Gasteiger partial charge in [-0.1, -0.05) is 6.92 Å².